The van der Waals surface area contributed by atoms with Crippen molar-refractivity contribution in [2.24, 2.45) is 0 Å². The second kappa shape index (κ2) is 8.90. The fraction of sp³-hybridized carbons (Fsp3) is 0.500. The van der Waals surface area contributed by atoms with Gasteiger partial charge in [0.2, 0.25) is 0 Å². The minimum Gasteiger partial charge on any atom is -0.390 e. The molecule has 2 heteroatoms. The van der Waals surface area contributed by atoms with Gasteiger partial charge < -0.3 is 9.84 Å². The Balaban J connectivity index is 2.34. The summed E-state index contributed by atoms with van der Waals surface area (Å²) in [5, 5.41) is 10.0. The molecule has 0 amide bonds. The van der Waals surface area contributed by atoms with E-state index in [2.05, 4.69) is 13.5 Å². The van der Waals surface area contributed by atoms with E-state index >= 15 is 0 Å². The highest BCUT2D eigenvalue weighted by atomic mass is 16.5. The van der Waals surface area contributed by atoms with Gasteiger partial charge in [-0.05, 0) is 12.0 Å². The van der Waals surface area contributed by atoms with Gasteiger partial charge in [-0.15, -0.1) is 6.58 Å². The highest BCUT2D eigenvalue weighted by Crippen LogP contribution is 2.12. The van der Waals surface area contributed by atoms with Crippen LogP contribution in [0.3, 0.4) is 0 Å². The van der Waals surface area contributed by atoms with E-state index < -0.39 is 6.10 Å². The average molecular weight is 248 g/mol. The minimum atomic E-state index is -0.447. The molecule has 0 unspecified atom stereocenters. The number of aliphatic hydroxyl groups is 1. The number of aliphatic hydroxyl groups excluding tert-OH is 1. The summed E-state index contributed by atoms with van der Waals surface area (Å²) < 4.78 is 5.70. The average Bonchev–Trinajstić information content (AvgIpc) is 2.41. The van der Waals surface area contributed by atoms with Crippen molar-refractivity contribution in [1.82, 2.24) is 0 Å². The number of rotatable bonds is 9. The van der Waals surface area contributed by atoms with Gasteiger partial charge in [-0.2, -0.15) is 0 Å². The predicted molar refractivity (Wildman–Crippen MR) is 75.4 cm³/mol. The van der Waals surface area contributed by atoms with Crippen molar-refractivity contribution in [2.45, 2.75) is 51.4 Å². The summed E-state index contributed by atoms with van der Waals surface area (Å²) >= 11 is 0. The third-order valence-corrected chi connectivity index (χ3v) is 3.00. The van der Waals surface area contributed by atoms with E-state index in [0.29, 0.717) is 6.61 Å². The Bertz CT molecular complexity index is 321. The third kappa shape index (κ3) is 5.48. The SMILES string of the molecule is C=C[C@H](OCc1ccccc1)[C@@H](O)CCCCC. The second-order valence-corrected chi connectivity index (χ2v) is 4.56. The quantitative estimate of drug-likeness (QED) is 0.533. The van der Waals surface area contributed by atoms with Crippen LogP contribution in [0.25, 0.3) is 0 Å². The van der Waals surface area contributed by atoms with Gasteiger partial charge in [-0.1, -0.05) is 62.6 Å². The molecule has 0 aliphatic carbocycles. The summed E-state index contributed by atoms with van der Waals surface area (Å²) in [4.78, 5) is 0. The van der Waals surface area contributed by atoms with Crippen LogP contribution in [0, 0.1) is 0 Å². The number of unbranched alkanes of at least 4 members (excludes halogenated alkanes) is 2. The largest absolute Gasteiger partial charge is 0.390 e. The van der Waals surface area contributed by atoms with Crippen LogP contribution in [0.15, 0.2) is 43.0 Å². The topological polar surface area (TPSA) is 29.5 Å². The Kier molecular flexibility index (Phi) is 7.38. The van der Waals surface area contributed by atoms with Crippen molar-refractivity contribution < 1.29 is 9.84 Å². The maximum atomic E-state index is 10.0. The first-order chi connectivity index (χ1) is 8.77. The lowest BCUT2D eigenvalue weighted by molar-refractivity contribution is -0.0223. The smallest absolute Gasteiger partial charge is 0.102 e. The van der Waals surface area contributed by atoms with Crippen LogP contribution >= 0.6 is 0 Å². The molecule has 0 saturated heterocycles. The van der Waals surface area contributed by atoms with Crippen molar-refractivity contribution in [2.75, 3.05) is 0 Å². The molecule has 1 aromatic carbocycles. The van der Waals surface area contributed by atoms with Crippen LogP contribution in [0.1, 0.15) is 38.2 Å². The van der Waals surface area contributed by atoms with Gasteiger partial charge in [0.05, 0.1) is 12.7 Å². The minimum absolute atomic E-state index is 0.276. The molecule has 2 atom stereocenters. The predicted octanol–water partition coefficient (Wildman–Crippen LogP) is 3.70. The summed E-state index contributed by atoms with van der Waals surface area (Å²) in [5.41, 5.74) is 1.12. The van der Waals surface area contributed by atoms with Crippen molar-refractivity contribution in [3.8, 4) is 0 Å². The molecule has 0 radical (unpaired) electrons. The lowest BCUT2D eigenvalue weighted by Crippen LogP contribution is -2.26. The Morgan fingerprint density at radius 2 is 2.00 bits per heavy atom. The van der Waals surface area contributed by atoms with Crippen LogP contribution in [0.5, 0.6) is 0 Å². The van der Waals surface area contributed by atoms with Crippen molar-refractivity contribution in [3.63, 3.8) is 0 Å². The van der Waals surface area contributed by atoms with Crippen molar-refractivity contribution >= 4 is 0 Å². The molecule has 0 aliphatic heterocycles. The third-order valence-electron chi connectivity index (χ3n) is 3.00. The Morgan fingerprint density at radius 3 is 2.61 bits per heavy atom. The number of hydrogen-bond donors (Lipinski definition) is 1. The van der Waals surface area contributed by atoms with Crippen LogP contribution in [-0.2, 0) is 11.3 Å². The zero-order valence-corrected chi connectivity index (χ0v) is 11.2. The normalized spacial score (nSPS) is 14.1. The number of ether oxygens (including phenoxy) is 1. The standard InChI is InChI=1S/C16H24O2/c1-3-5-7-12-15(17)16(4-2)18-13-14-10-8-6-9-11-14/h4,6,8-11,15-17H,2-3,5,7,12-13H2,1H3/t15-,16-/m0/s1. The van der Waals surface area contributed by atoms with Gasteiger partial charge in [-0.25, -0.2) is 0 Å². The van der Waals surface area contributed by atoms with Gasteiger partial charge >= 0.3 is 0 Å². The molecule has 1 rings (SSSR count). The van der Waals surface area contributed by atoms with Gasteiger partial charge in [0.25, 0.3) is 0 Å². The Morgan fingerprint density at radius 1 is 1.28 bits per heavy atom. The maximum Gasteiger partial charge on any atom is 0.102 e. The fourth-order valence-corrected chi connectivity index (χ4v) is 1.87. The van der Waals surface area contributed by atoms with E-state index in [4.69, 9.17) is 4.74 Å². The molecule has 0 heterocycles. The molecule has 18 heavy (non-hydrogen) atoms. The highest BCUT2D eigenvalue weighted by molar-refractivity contribution is 5.13. The second-order valence-electron chi connectivity index (χ2n) is 4.56. The molecule has 1 N–H and O–H groups in total. The maximum absolute atomic E-state index is 10.0. The first kappa shape index (κ1) is 14.9. The van der Waals surface area contributed by atoms with Gasteiger partial charge in [-0.3, -0.25) is 0 Å². The monoisotopic (exact) mass is 248 g/mol. The summed E-state index contributed by atoms with van der Waals surface area (Å²) in [7, 11) is 0. The van der Waals surface area contributed by atoms with E-state index in [0.717, 1.165) is 31.2 Å². The molecule has 2 nitrogen and oxygen atoms in total. The van der Waals surface area contributed by atoms with E-state index in [9.17, 15) is 5.11 Å². The van der Waals surface area contributed by atoms with E-state index in [-0.39, 0.29) is 6.10 Å². The fourth-order valence-electron chi connectivity index (χ4n) is 1.87. The van der Waals surface area contributed by atoms with E-state index in [1.807, 2.05) is 30.3 Å². The number of benzene rings is 1. The van der Waals surface area contributed by atoms with E-state index in [1.54, 1.807) is 6.08 Å². The highest BCUT2D eigenvalue weighted by Gasteiger charge is 2.15. The van der Waals surface area contributed by atoms with Crippen LogP contribution < -0.4 is 0 Å². The van der Waals surface area contributed by atoms with Crippen molar-refractivity contribution in [1.29, 1.82) is 0 Å². The lowest BCUT2D eigenvalue weighted by Gasteiger charge is -2.20. The summed E-state index contributed by atoms with van der Waals surface area (Å²) in [6.07, 6.45) is 5.10. The molecule has 1 aromatic rings. The molecule has 0 fully saturated rings. The van der Waals surface area contributed by atoms with Gasteiger partial charge in [0.1, 0.15) is 6.10 Å². The van der Waals surface area contributed by atoms with Crippen LogP contribution in [0.4, 0.5) is 0 Å². The summed E-state index contributed by atoms with van der Waals surface area (Å²) in [6, 6.07) is 9.99. The Hall–Kier alpha value is -1.12. The summed E-state index contributed by atoms with van der Waals surface area (Å²) in [5.74, 6) is 0. The molecule has 0 bridgehead atoms. The molecule has 0 saturated carbocycles. The van der Waals surface area contributed by atoms with Crippen LogP contribution in [0.2, 0.25) is 0 Å². The first-order valence-electron chi connectivity index (χ1n) is 6.74. The molecule has 0 aliphatic rings. The number of hydrogen-bond acceptors (Lipinski definition) is 2. The molecular formula is C16H24O2. The zero-order valence-electron chi connectivity index (χ0n) is 11.2. The molecule has 100 valence electrons. The lowest BCUT2D eigenvalue weighted by atomic mass is 10.1. The van der Waals surface area contributed by atoms with Crippen molar-refractivity contribution in [3.05, 3.63) is 48.6 Å². The molecule has 0 aromatic heterocycles. The molecule has 0 spiro atoms. The molecular weight excluding hydrogens is 224 g/mol. The first-order valence-corrected chi connectivity index (χ1v) is 6.74. The van der Waals surface area contributed by atoms with Gasteiger partial charge in [0.15, 0.2) is 0 Å². The van der Waals surface area contributed by atoms with Crippen LogP contribution in [-0.4, -0.2) is 17.3 Å². The van der Waals surface area contributed by atoms with Gasteiger partial charge in [0, 0.05) is 0 Å². The summed E-state index contributed by atoms with van der Waals surface area (Å²) in [6.45, 7) is 6.41. The zero-order chi connectivity index (χ0) is 13.2. The Labute approximate surface area is 110 Å². The van der Waals surface area contributed by atoms with E-state index in [1.165, 1.54) is 0 Å².